The molecule has 0 amide bonds. The molecule has 0 bridgehead atoms. The Hall–Kier alpha value is -0.683. The molecule has 0 unspecified atom stereocenters. The van der Waals surface area contributed by atoms with Crippen LogP contribution in [0.3, 0.4) is 0 Å². The Labute approximate surface area is 142 Å². The number of ketones is 1. The monoisotopic (exact) mass is 342 g/mol. The third-order valence-electron chi connectivity index (χ3n) is 5.90. The van der Waals surface area contributed by atoms with E-state index in [1.807, 2.05) is 13.8 Å². The van der Waals surface area contributed by atoms with Gasteiger partial charge < -0.3 is 9.16 Å². The molecule has 5 atom stereocenters. The molecule has 4 nitrogen and oxygen atoms in total. The van der Waals surface area contributed by atoms with Crippen LogP contribution >= 0.6 is 0 Å². The summed E-state index contributed by atoms with van der Waals surface area (Å²) in [5.41, 5.74) is 0. The molecule has 0 aromatic carbocycles. The van der Waals surface area contributed by atoms with Crippen molar-refractivity contribution in [3.63, 3.8) is 0 Å². The molecule has 0 saturated heterocycles. The molecule has 0 N–H and O–H groups in total. The van der Waals surface area contributed by atoms with Crippen molar-refractivity contribution in [3.8, 4) is 0 Å². The van der Waals surface area contributed by atoms with Gasteiger partial charge in [0, 0.05) is 5.92 Å². The van der Waals surface area contributed by atoms with Crippen LogP contribution in [0.2, 0.25) is 18.1 Å². The third-order valence-corrected chi connectivity index (χ3v) is 10.4. The van der Waals surface area contributed by atoms with Gasteiger partial charge in [-0.1, -0.05) is 41.5 Å². The second-order valence-electron chi connectivity index (χ2n) is 8.48. The molecule has 1 saturated carbocycles. The smallest absolute Gasteiger partial charge is 0.316 e. The van der Waals surface area contributed by atoms with Crippen molar-refractivity contribution in [2.75, 3.05) is 6.61 Å². The summed E-state index contributed by atoms with van der Waals surface area (Å²) in [5.74, 6) is -1.25. The average molecular weight is 343 g/mol. The van der Waals surface area contributed by atoms with E-state index < -0.39 is 14.2 Å². The molecule has 23 heavy (non-hydrogen) atoms. The minimum absolute atomic E-state index is 0.0299. The number of Topliss-reactive ketones (excluding diaryl/α,β-unsaturated/α-hetero) is 1. The first-order valence-corrected chi connectivity index (χ1v) is 11.6. The maximum Gasteiger partial charge on any atom is 0.316 e. The molecule has 0 spiro atoms. The SMILES string of the molecule is CCOC(=O)[C@@H]1C(=O)[C@@H](C)[C@H](O[Si](C)(C)C(C)(C)C)[C@@H](C)[C@H]1C. The predicted molar refractivity (Wildman–Crippen MR) is 94.7 cm³/mol. The molecule has 1 aliphatic rings. The molecule has 0 aromatic rings. The van der Waals surface area contributed by atoms with Crippen molar-refractivity contribution in [1.29, 1.82) is 0 Å². The Morgan fingerprint density at radius 3 is 2.09 bits per heavy atom. The summed E-state index contributed by atoms with van der Waals surface area (Å²) < 4.78 is 11.7. The second-order valence-corrected chi connectivity index (χ2v) is 13.2. The lowest BCUT2D eigenvalue weighted by Crippen LogP contribution is -2.55. The highest BCUT2D eigenvalue weighted by atomic mass is 28.4. The molecule has 1 rings (SSSR count). The van der Waals surface area contributed by atoms with E-state index in [1.165, 1.54) is 0 Å². The van der Waals surface area contributed by atoms with Gasteiger partial charge in [0.1, 0.15) is 5.92 Å². The van der Waals surface area contributed by atoms with Crippen LogP contribution in [0.1, 0.15) is 48.5 Å². The maximum absolute atomic E-state index is 12.8. The molecular weight excluding hydrogens is 308 g/mol. The number of carbonyl (C=O) groups is 2. The van der Waals surface area contributed by atoms with E-state index >= 15 is 0 Å². The molecule has 0 aromatic heterocycles. The Morgan fingerprint density at radius 2 is 1.65 bits per heavy atom. The molecule has 1 fully saturated rings. The van der Waals surface area contributed by atoms with Gasteiger partial charge in [-0.05, 0) is 36.9 Å². The highest BCUT2D eigenvalue weighted by molar-refractivity contribution is 6.74. The van der Waals surface area contributed by atoms with E-state index in [2.05, 4.69) is 40.8 Å². The van der Waals surface area contributed by atoms with Gasteiger partial charge in [0.25, 0.3) is 0 Å². The van der Waals surface area contributed by atoms with E-state index in [0.717, 1.165) is 0 Å². The molecule has 0 aliphatic heterocycles. The zero-order valence-corrected chi connectivity index (χ0v) is 17.2. The van der Waals surface area contributed by atoms with Crippen molar-refractivity contribution in [2.24, 2.45) is 23.7 Å². The standard InChI is InChI=1S/C18H34O4Si/c1-10-21-17(20)14-11(2)12(3)16(13(4)15(14)19)22-23(8,9)18(5,6)7/h11-14,16H,10H2,1-9H3/t11-,12+,13-,14+,16-/m1/s1. The second kappa shape index (κ2) is 7.05. The molecular formula is C18H34O4Si. The predicted octanol–water partition coefficient (Wildman–Crippen LogP) is 4.05. The minimum Gasteiger partial charge on any atom is -0.465 e. The van der Waals surface area contributed by atoms with Gasteiger partial charge in [-0.3, -0.25) is 9.59 Å². The van der Waals surface area contributed by atoms with Crippen molar-refractivity contribution in [3.05, 3.63) is 0 Å². The van der Waals surface area contributed by atoms with Gasteiger partial charge in [-0.2, -0.15) is 0 Å². The maximum atomic E-state index is 12.8. The van der Waals surface area contributed by atoms with Crippen LogP contribution in [-0.4, -0.2) is 32.8 Å². The summed E-state index contributed by atoms with van der Waals surface area (Å²) >= 11 is 0. The zero-order chi connectivity index (χ0) is 18.2. The Balaban J connectivity index is 3.04. The van der Waals surface area contributed by atoms with E-state index in [9.17, 15) is 9.59 Å². The van der Waals surface area contributed by atoms with Gasteiger partial charge in [0.2, 0.25) is 0 Å². The normalized spacial score (nSPS) is 32.7. The first kappa shape index (κ1) is 20.4. The van der Waals surface area contributed by atoms with E-state index in [4.69, 9.17) is 9.16 Å². The van der Waals surface area contributed by atoms with Gasteiger partial charge >= 0.3 is 5.97 Å². The van der Waals surface area contributed by atoms with Crippen molar-refractivity contribution < 1.29 is 18.8 Å². The van der Waals surface area contributed by atoms with Crippen LogP contribution in [0.5, 0.6) is 0 Å². The van der Waals surface area contributed by atoms with Crippen molar-refractivity contribution in [2.45, 2.75) is 72.7 Å². The quantitative estimate of drug-likeness (QED) is 0.439. The number of rotatable bonds is 4. The summed E-state index contributed by atoms with van der Waals surface area (Å²) in [7, 11) is -1.97. The molecule has 134 valence electrons. The summed E-state index contributed by atoms with van der Waals surface area (Å²) in [4.78, 5) is 25.0. The first-order chi connectivity index (χ1) is 10.3. The minimum atomic E-state index is -1.97. The molecule has 5 heteroatoms. The van der Waals surface area contributed by atoms with Gasteiger partial charge in [0.15, 0.2) is 14.1 Å². The number of carbonyl (C=O) groups excluding carboxylic acids is 2. The highest BCUT2D eigenvalue weighted by Gasteiger charge is 2.51. The lowest BCUT2D eigenvalue weighted by Gasteiger charge is -2.47. The summed E-state index contributed by atoms with van der Waals surface area (Å²) in [6, 6.07) is 0. The first-order valence-electron chi connectivity index (χ1n) is 8.73. The Morgan fingerprint density at radius 1 is 1.13 bits per heavy atom. The van der Waals surface area contributed by atoms with Crippen molar-refractivity contribution >= 4 is 20.1 Å². The zero-order valence-electron chi connectivity index (χ0n) is 16.2. The molecule has 0 radical (unpaired) electrons. The van der Waals surface area contributed by atoms with Crippen LogP contribution in [-0.2, 0) is 18.8 Å². The molecule has 1 aliphatic carbocycles. The number of hydrogen-bond acceptors (Lipinski definition) is 4. The fourth-order valence-electron chi connectivity index (χ4n) is 3.05. The lowest BCUT2D eigenvalue weighted by molar-refractivity contribution is -0.161. The topological polar surface area (TPSA) is 52.6 Å². The summed E-state index contributed by atoms with van der Waals surface area (Å²) in [6.45, 7) is 19.1. The number of esters is 1. The number of hydrogen-bond donors (Lipinski definition) is 0. The van der Waals surface area contributed by atoms with Crippen LogP contribution in [0.4, 0.5) is 0 Å². The van der Waals surface area contributed by atoms with Gasteiger partial charge in [-0.25, -0.2) is 0 Å². The van der Waals surface area contributed by atoms with Crippen LogP contribution < -0.4 is 0 Å². The van der Waals surface area contributed by atoms with Gasteiger partial charge in [0.05, 0.1) is 12.7 Å². The van der Waals surface area contributed by atoms with E-state index in [0.29, 0.717) is 6.61 Å². The highest BCUT2D eigenvalue weighted by Crippen LogP contribution is 2.43. The van der Waals surface area contributed by atoms with Crippen LogP contribution in [0.15, 0.2) is 0 Å². The van der Waals surface area contributed by atoms with Gasteiger partial charge in [-0.15, -0.1) is 0 Å². The van der Waals surface area contributed by atoms with Crippen LogP contribution in [0, 0.1) is 23.7 Å². The third kappa shape index (κ3) is 4.05. The van der Waals surface area contributed by atoms with E-state index in [-0.39, 0.29) is 40.6 Å². The number of ether oxygens (including phenoxy) is 1. The van der Waals surface area contributed by atoms with E-state index in [1.54, 1.807) is 6.92 Å². The van der Waals surface area contributed by atoms with Crippen molar-refractivity contribution in [1.82, 2.24) is 0 Å². The largest absolute Gasteiger partial charge is 0.465 e. The summed E-state index contributed by atoms with van der Waals surface area (Å²) in [6.07, 6.45) is -0.121. The lowest BCUT2D eigenvalue weighted by atomic mass is 9.67. The Kier molecular flexibility index (Phi) is 6.25. The fourth-order valence-corrected chi connectivity index (χ4v) is 4.50. The fraction of sp³-hybridized carbons (Fsp3) is 0.889. The summed E-state index contributed by atoms with van der Waals surface area (Å²) in [5, 5.41) is 0.0940. The average Bonchev–Trinajstić information content (AvgIpc) is 2.41. The Bertz CT molecular complexity index is 452. The molecule has 0 heterocycles. The van der Waals surface area contributed by atoms with Crippen LogP contribution in [0.25, 0.3) is 0 Å².